The molecule has 0 spiro atoms. The summed E-state index contributed by atoms with van der Waals surface area (Å²) in [5.41, 5.74) is 1.46. The summed E-state index contributed by atoms with van der Waals surface area (Å²) in [6, 6.07) is 17.9. The molecule has 2 heterocycles. The van der Waals surface area contributed by atoms with Crippen molar-refractivity contribution in [3.05, 3.63) is 86.1 Å². The molecule has 0 aliphatic carbocycles. The van der Waals surface area contributed by atoms with Crippen LogP contribution in [-0.2, 0) is 0 Å². The fraction of sp³-hybridized carbons (Fsp3) is 0.179. The Morgan fingerprint density at radius 2 is 2.00 bits per heavy atom. The van der Waals surface area contributed by atoms with Crippen molar-refractivity contribution in [1.29, 1.82) is 0 Å². The van der Waals surface area contributed by atoms with Gasteiger partial charge in [-0.05, 0) is 61.9 Å². The van der Waals surface area contributed by atoms with Crippen LogP contribution in [0.25, 0.3) is 33.5 Å². The highest BCUT2D eigenvalue weighted by atomic mass is 79.9. The number of methoxy groups -OCH3 is 1. The van der Waals surface area contributed by atoms with Gasteiger partial charge >= 0.3 is 0 Å². The van der Waals surface area contributed by atoms with Gasteiger partial charge in [-0.1, -0.05) is 46.6 Å². The molecule has 0 aliphatic heterocycles. The van der Waals surface area contributed by atoms with E-state index in [-0.39, 0.29) is 17.5 Å². The van der Waals surface area contributed by atoms with Gasteiger partial charge in [0.1, 0.15) is 5.58 Å². The van der Waals surface area contributed by atoms with E-state index in [0.717, 1.165) is 16.3 Å². The topological polar surface area (TPSA) is 78.9 Å². The number of aromatic nitrogens is 2. The standard InChI is InChI=1S/C28H23BrClN3O4/c1-4-16(2)36-26-18(11-19(29)14-24(26)35-3)15-31-33-27(32-22-8-6-5-7-21(22)28(33)34)25-13-17-12-20(30)9-10-23(17)37-25/h5-16H,4H2,1-3H3/t16-/m0/s1. The molecule has 5 aromatic rings. The third-order valence-electron chi connectivity index (χ3n) is 5.93. The Labute approximate surface area is 226 Å². The molecule has 5 rings (SSSR count). The summed E-state index contributed by atoms with van der Waals surface area (Å²) >= 11 is 9.68. The first-order valence-electron chi connectivity index (χ1n) is 11.7. The SMILES string of the molecule is CC[C@H](C)Oc1c(C=Nn2c(-c3cc4cc(Cl)ccc4o3)nc3ccccc3c2=O)cc(Br)cc1OC. The van der Waals surface area contributed by atoms with Crippen LogP contribution in [0.15, 0.2) is 79.4 Å². The number of nitrogens with zero attached hydrogens (tertiary/aromatic N) is 3. The fourth-order valence-corrected chi connectivity index (χ4v) is 4.52. The molecule has 0 saturated heterocycles. The zero-order chi connectivity index (χ0) is 26.1. The van der Waals surface area contributed by atoms with Gasteiger partial charge in [0.25, 0.3) is 5.56 Å². The Morgan fingerprint density at radius 3 is 2.78 bits per heavy atom. The Bertz CT molecular complexity index is 1710. The van der Waals surface area contributed by atoms with E-state index in [1.807, 2.05) is 32.0 Å². The largest absolute Gasteiger partial charge is 0.493 e. The highest BCUT2D eigenvalue weighted by molar-refractivity contribution is 9.10. The predicted octanol–water partition coefficient (Wildman–Crippen LogP) is 7.29. The highest BCUT2D eigenvalue weighted by Crippen LogP contribution is 2.35. The monoisotopic (exact) mass is 579 g/mol. The molecule has 0 unspecified atom stereocenters. The van der Waals surface area contributed by atoms with Gasteiger partial charge in [-0.25, -0.2) is 4.98 Å². The molecule has 0 N–H and O–H groups in total. The summed E-state index contributed by atoms with van der Waals surface area (Å²) in [5.74, 6) is 1.74. The first kappa shape index (κ1) is 25.0. The molecule has 0 aliphatic rings. The second kappa shape index (κ2) is 10.4. The number of hydrogen-bond acceptors (Lipinski definition) is 6. The Kier molecular flexibility index (Phi) is 7.04. The van der Waals surface area contributed by atoms with Gasteiger partial charge in [0, 0.05) is 20.4 Å². The van der Waals surface area contributed by atoms with Crippen LogP contribution >= 0.6 is 27.5 Å². The van der Waals surface area contributed by atoms with E-state index in [9.17, 15) is 4.79 Å². The van der Waals surface area contributed by atoms with E-state index < -0.39 is 0 Å². The van der Waals surface area contributed by atoms with E-state index in [2.05, 4.69) is 21.0 Å². The van der Waals surface area contributed by atoms with E-state index in [0.29, 0.717) is 44.3 Å². The van der Waals surface area contributed by atoms with Crippen molar-refractivity contribution in [1.82, 2.24) is 9.66 Å². The van der Waals surface area contributed by atoms with Crippen molar-refractivity contribution in [3.8, 4) is 23.1 Å². The van der Waals surface area contributed by atoms with Crippen molar-refractivity contribution in [2.75, 3.05) is 7.11 Å². The maximum Gasteiger partial charge on any atom is 0.282 e. The highest BCUT2D eigenvalue weighted by Gasteiger charge is 2.18. The number of ether oxygens (including phenoxy) is 2. The predicted molar refractivity (Wildman–Crippen MR) is 150 cm³/mol. The zero-order valence-electron chi connectivity index (χ0n) is 20.4. The van der Waals surface area contributed by atoms with Crippen LogP contribution in [0, 0.1) is 0 Å². The van der Waals surface area contributed by atoms with Crippen LogP contribution < -0.4 is 15.0 Å². The summed E-state index contributed by atoms with van der Waals surface area (Å²) in [7, 11) is 1.58. The van der Waals surface area contributed by atoms with E-state index in [4.69, 9.17) is 30.5 Å². The maximum atomic E-state index is 13.6. The maximum absolute atomic E-state index is 13.6. The lowest BCUT2D eigenvalue weighted by Crippen LogP contribution is -2.20. The van der Waals surface area contributed by atoms with Gasteiger partial charge in [-0.3, -0.25) is 4.79 Å². The molecule has 7 nitrogen and oxygen atoms in total. The number of para-hydroxylation sites is 1. The van der Waals surface area contributed by atoms with E-state index >= 15 is 0 Å². The van der Waals surface area contributed by atoms with E-state index in [1.54, 1.807) is 55.8 Å². The molecule has 0 saturated carbocycles. The van der Waals surface area contributed by atoms with E-state index in [1.165, 1.54) is 4.68 Å². The molecule has 9 heteroatoms. The molecule has 0 fully saturated rings. The van der Waals surface area contributed by atoms with Gasteiger partial charge in [0.15, 0.2) is 17.3 Å². The van der Waals surface area contributed by atoms with Crippen LogP contribution in [0.4, 0.5) is 0 Å². The molecule has 3 aromatic carbocycles. The van der Waals surface area contributed by atoms with Crippen molar-refractivity contribution < 1.29 is 13.9 Å². The number of furan rings is 1. The number of benzene rings is 3. The average Bonchev–Trinajstić information content (AvgIpc) is 3.32. The third kappa shape index (κ3) is 4.99. The summed E-state index contributed by atoms with van der Waals surface area (Å²) < 4.78 is 19.8. The number of rotatable bonds is 7. The van der Waals surface area contributed by atoms with Crippen LogP contribution in [-0.4, -0.2) is 29.1 Å². The number of fused-ring (bicyclic) bond motifs is 2. The Morgan fingerprint density at radius 1 is 1.19 bits per heavy atom. The smallest absolute Gasteiger partial charge is 0.282 e. The fourth-order valence-electron chi connectivity index (χ4n) is 3.88. The van der Waals surface area contributed by atoms with Gasteiger partial charge in [0.2, 0.25) is 5.82 Å². The van der Waals surface area contributed by atoms with Crippen molar-refractivity contribution in [2.45, 2.75) is 26.4 Å². The molecule has 188 valence electrons. The molecular weight excluding hydrogens is 558 g/mol. The second-order valence-electron chi connectivity index (χ2n) is 8.47. The number of halogens is 2. The van der Waals surface area contributed by atoms with Gasteiger partial charge in [-0.2, -0.15) is 9.78 Å². The number of hydrogen-bond donors (Lipinski definition) is 0. The van der Waals surface area contributed by atoms with Crippen LogP contribution in [0.2, 0.25) is 5.02 Å². The quantitative estimate of drug-likeness (QED) is 0.189. The van der Waals surface area contributed by atoms with Crippen LogP contribution in [0.3, 0.4) is 0 Å². The molecule has 0 radical (unpaired) electrons. The lowest BCUT2D eigenvalue weighted by Gasteiger charge is -2.18. The Balaban J connectivity index is 1.71. The molecule has 37 heavy (non-hydrogen) atoms. The third-order valence-corrected chi connectivity index (χ3v) is 6.62. The first-order valence-corrected chi connectivity index (χ1v) is 12.8. The molecular formula is C28H23BrClN3O4. The van der Waals surface area contributed by atoms with Crippen molar-refractivity contribution in [3.63, 3.8) is 0 Å². The first-order chi connectivity index (χ1) is 17.9. The minimum absolute atomic E-state index is 0.0507. The van der Waals surface area contributed by atoms with Crippen molar-refractivity contribution in [2.24, 2.45) is 5.10 Å². The van der Waals surface area contributed by atoms with Gasteiger partial charge in [-0.15, -0.1) is 0 Å². The molecule has 1 atom stereocenters. The molecule has 2 aromatic heterocycles. The summed E-state index contributed by atoms with van der Waals surface area (Å²) in [6.45, 7) is 4.02. The zero-order valence-corrected chi connectivity index (χ0v) is 22.7. The van der Waals surface area contributed by atoms with Gasteiger partial charge < -0.3 is 13.9 Å². The summed E-state index contributed by atoms with van der Waals surface area (Å²) in [6.07, 6.45) is 2.32. The lowest BCUT2D eigenvalue weighted by molar-refractivity contribution is 0.207. The van der Waals surface area contributed by atoms with Gasteiger partial charge in [0.05, 0.1) is 30.3 Å². The van der Waals surface area contributed by atoms with Crippen molar-refractivity contribution >= 4 is 55.6 Å². The minimum atomic E-state index is -0.332. The summed E-state index contributed by atoms with van der Waals surface area (Å²) in [5, 5.41) is 6.39. The average molecular weight is 581 g/mol. The Hall–Kier alpha value is -3.62. The minimum Gasteiger partial charge on any atom is -0.493 e. The summed E-state index contributed by atoms with van der Waals surface area (Å²) in [4.78, 5) is 18.3. The molecule has 0 amide bonds. The second-order valence-corrected chi connectivity index (χ2v) is 9.82. The lowest BCUT2D eigenvalue weighted by atomic mass is 10.2. The van der Waals surface area contributed by atoms with Crippen LogP contribution in [0.5, 0.6) is 11.5 Å². The normalized spacial score (nSPS) is 12.5. The molecule has 0 bridgehead atoms. The van der Waals surface area contributed by atoms with Crippen LogP contribution in [0.1, 0.15) is 25.8 Å².